The van der Waals surface area contributed by atoms with Crippen molar-refractivity contribution in [3.8, 4) is 22.0 Å². The topological polar surface area (TPSA) is 89.2 Å². The smallest absolute Gasteiger partial charge is 0.261 e. The second-order valence-corrected chi connectivity index (χ2v) is 10.2. The second-order valence-electron chi connectivity index (χ2n) is 6.63. The zero-order valence-corrected chi connectivity index (χ0v) is 19.0. The van der Waals surface area contributed by atoms with E-state index in [4.69, 9.17) is 0 Å². The largest absolute Gasteiger partial charge is 0.280 e. The Morgan fingerprint density at radius 3 is 2.39 bits per heavy atom. The Morgan fingerprint density at radius 2 is 1.68 bits per heavy atom. The van der Waals surface area contributed by atoms with E-state index in [9.17, 15) is 8.42 Å². The van der Waals surface area contributed by atoms with Crippen LogP contribution in [0.5, 0.6) is 0 Å². The number of fused-ring (bicyclic) bond motifs is 1. The van der Waals surface area contributed by atoms with Gasteiger partial charge in [-0.25, -0.2) is 8.42 Å². The van der Waals surface area contributed by atoms with Gasteiger partial charge in [0.05, 0.1) is 15.5 Å². The molecule has 0 spiro atoms. The summed E-state index contributed by atoms with van der Waals surface area (Å²) in [6, 6.07) is 21.2. The van der Waals surface area contributed by atoms with Crippen molar-refractivity contribution in [3.63, 3.8) is 0 Å². The molecule has 0 fully saturated rings. The monoisotopic (exact) mass is 511 g/mol. The molecule has 0 atom stereocenters. The zero-order valence-electron chi connectivity index (χ0n) is 15.8. The number of benzene rings is 2. The fraction of sp³-hybridized carbons (Fsp3) is 0. The quantitative estimate of drug-likeness (QED) is 0.355. The lowest BCUT2D eigenvalue weighted by Gasteiger charge is -2.09. The van der Waals surface area contributed by atoms with E-state index in [1.807, 2.05) is 41.8 Å². The van der Waals surface area contributed by atoms with Gasteiger partial charge in [0.2, 0.25) is 0 Å². The van der Waals surface area contributed by atoms with Crippen LogP contribution in [0, 0.1) is 0 Å². The van der Waals surface area contributed by atoms with Crippen LogP contribution >= 0.6 is 27.3 Å². The van der Waals surface area contributed by atoms with Crippen molar-refractivity contribution in [1.29, 1.82) is 0 Å². The average Bonchev–Trinajstić information content (AvgIpc) is 3.43. The molecule has 0 saturated carbocycles. The Kier molecular flexibility index (Phi) is 5.05. The van der Waals surface area contributed by atoms with Gasteiger partial charge in [0, 0.05) is 15.7 Å². The molecule has 0 saturated heterocycles. The third kappa shape index (κ3) is 3.97. The molecule has 0 bridgehead atoms. The summed E-state index contributed by atoms with van der Waals surface area (Å²) in [6.45, 7) is 0. The molecule has 5 rings (SSSR count). The molecule has 0 aliphatic carbocycles. The van der Waals surface area contributed by atoms with Crippen LogP contribution in [-0.4, -0.2) is 28.2 Å². The summed E-state index contributed by atoms with van der Waals surface area (Å²) in [5.74, 6) is 0.686. The van der Waals surface area contributed by atoms with E-state index in [2.05, 4.69) is 35.9 Å². The van der Waals surface area contributed by atoms with E-state index in [-0.39, 0.29) is 4.90 Å². The van der Waals surface area contributed by atoms with Gasteiger partial charge in [-0.15, -0.1) is 21.5 Å². The van der Waals surface area contributed by atoms with Crippen LogP contribution < -0.4 is 4.72 Å². The first-order valence-corrected chi connectivity index (χ1v) is 12.3. The Hall–Kier alpha value is -3.08. The number of anilines is 1. The maximum Gasteiger partial charge on any atom is 0.261 e. The summed E-state index contributed by atoms with van der Waals surface area (Å²) in [7, 11) is -3.67. The highest BCUT2D eigenvalue weighted by molar-refractivity contribution is 9.10. The molecule has 0 aliphatic heterocycles. The molecular formula is C21H14BrN5O2S2. The number of aromatic nitrogens is 4. The van der Waals surface area contributed by atoms with Crippen molar-refractivity contribution in [1.82, 2.24) is 19.8 Å². The lowest BCUT2D eigenvalue weighted by Crippen LogP contribution is -2.12. The van der Waals surface area contributed by atoms with E-state index < -0.39 is 10.0 Å². The maximum absolute atomic E-state index is 12.6. The SMILES string of the molecule is O=S(=O)(Nc1ccc(-c2ccc3nnc(-c4cccs4)n3n2)cc1)c1ccc(Br)cc1. The molecule has 154 valence electrons. The zero-order chi connectivity index (χ0) is 21.4. The molecule has 1 N–H and O–H groups in total. The first-order valence-electron chi connectivity index (χ1n) is 9.15. The first kappa shape index (κ1) is 19.9. The molecule has 0 radical (unpaired) electrons. The highest BCUT2D eigenvalue weighted by atomic mass is 79.9. The third-order valence-corrected chi connectivity index (χ3v) is 7.35. The van der Waals surface area contributed by atoms with Gasteiger partial charge < -0.3 is 0 Å². The minimum absolute atomic E-state index is 0.195. The molecule has 31 heavy (non-hydrogen) atoms. The number of nitrogens with zero attached hydrogens (tertiary/aromatic N) is 4. The molecule has 10 heteroatoms. The summed E-state index contributed by atoms with van der Waals surface area (Å²) in [6.07, 6.45) is 0. The Bertz CT molecular complexity index is 1460. The van der Waals surface area contributed by atoms with Crippen molar-refractivity contribution < 1.29 is 8.42 Å². The van der Waals surface area contributed by atoms with Crippen LogP contribution in [0.15, 0.2) is 87.5 Å². The number of thiophene rings is 1. The standard InChI is InChI=1S/C21H14BrN5O2S2/c22-15-5-9-17(10-6-15)31(28,29)26-16-7-3-14(4-8-16)18-11-12-20-23-24-21(27(20)25-18)19-2-1-13-30-19/h1-13,26H. The van der Waals surface area contributed by atoms with Gasteiger partial charge >= 0.3 is 0 Å². The van der Waals surface area contributed by atoms with Crippen molar-refractivity contribution in [2.75, 3.05) is 4.72 Å². The maximum atomic E-state index is 12.6. The van der Waals surface area contributed by atoms with Gasteiger partial charge in [-0.05, 0) is 60.0 Å². The number of rotatable bonds is 5. The van der Waals surface area contributed by atoms with Crippen LogP contribution in [0.25, 0.3) is 27.6 Å². The number of halogens is 1. The minimum Gasteiger partial charge on any atom is -0.280 e. The van der Waals surface area contributed by atoms with Gasteiger partial charge in [-0.2, -0.15) is 9.61 Å². The van der Waals surface area contributed by atoms with Gasteiger partial charge in [-0.3, -0.25) is 4.72 Å². The fourth-order valence-electron chi connectivity index (χ4n) is 3.04. The third-order valence-electron chi connectivity index (χ3n) is 4.56. The number of sulfonamides is 1. The normalized spacial score (nSPS) is 11.6. The molecule has 0 unspecified atom stereocenters. The predicted molar refractivity (Wildman–Crippen MR) is 124 cm³/mol. The van der Waals surface area contributed by atoms with E-state index in [1.165, 1.54) is 0 Å². The van der Waals surface area contributed by atoms with Crippen molar-refractivity contribution in [2.24, 2.45) is 0 Å². The molecule has 7 nitrogen and oxygen atoms in total. The van der Waals surface area contributed by atoms with Crippen molar-refractivity contribution in [3.05, 3.63) is 82.6 Å². The van der Waals surface area contributed by atoms with Crippen molar-refractivity contribution in [2.45, 2.75) is 4.90 Å². The van der Waals surface area contributed by atoms with Gasteiger partial charge in [-0.1, -0.05) is 34.1 Å². The summed E-state index contributed by atoms with van der Waals surface area (Å²) in [5.41, 5.74) is 2.70. The van der Waals surface area contributed by atoms with Gasteiger partial charge in [0.1, 0.15) is 0 Å². The molecule has 0 aliphatic rings. The lowest BCUT2D eigenvalue weighted by molar-refractivity contribution is 0.601. The predicted octanol–water partition coefficient (Wildman–Crippen LogP) is 5.08. The molecular weight excluding hydrogens is 498 g/mol. The Morgan fingerprint density at radius 1 is 0.903 bits per heavy atom. The van der Waals surface area contributed by atoms with E-state index >= 15 is 0 Å². The number of hydrogen-bond donors (Lipinski definition) is 1. The van der Waals surface area contributed by atoms with Crippen LogP contribution in [0.2, 0.25) is 0 Å². The van der Waals surface area contributed by atoms with Crippen LogP contribution in [0.3, 0.4) is 0 Å². The first-order chi connectivity index (χ1) is 15.0. The number of hydrogen-bond acceptors (Lipinski definition) is 6. The molecule has 3 heterocycles. The van der Waals surface area contributed by atoms with Crippen LogP contribution in [0.1, 0.15) is 0 Å². The number of nitrogens with one attached hydrogen (secondary N) is 1. The highest BCUT2D eigenvalue weighted by Gasteiger charge is 2.15. The molecule has 5 aromatic rings. The summed E-state index contributed by atoms with van der Waals surface area (Å²) in [5, 5.41) is 15.1. The Labute approximate surface area is 190 Å². The van der Waals surface area contributed by atoms with Gasteiger partial charge in [0.15, 0.2) is 11.5 Å². The van der Waals surface area contributed by atoms with Crippen molar-refractivity contribution >= 4 is 48.6 Å². The van der Waals surface area contributed by atoms with E-state index in [0.717, 1.165) is 20.6 Å². The van der Waals surface area contributed by atoms with E-state index in [1.54, 1.807) is 52.3 Å². The molecule has 2 aromatic carbocycles. The highest BCUT2D eigenvalue weighted by Crippen LogP contribution is 2.26. The molecule has 3 aromatic heterocycles. The molecule has 0 amide bonds. The van der Waals surface area contributed by atoms with Crippen LogP contribution in [-0.2, 0) is 10.0 Å². The van der Waals surface area contributed by atoms with Crippen LogP contribution in [0.4, 0.5) is 5.69 Å². The summed E-state index contributed by atoms with van der Waals surface area (Å²) in [4.78, 5) is 1.18. The lowest BCUT2D eigenvalue weighted by atomic mass is 10.1. The second kappa shape index (κ2) is 7.88. The minimum atomic E-state index is -3.67. The average molecular weight is 512 g/mol. The van der Waals surface area contributed by atoms with E-state index in [0.29, 0.717) is 17.2 Å². The summed E-state index contributed by atoms with van der Waals surface area (Å²) < 4.78 is 30.3. The Balaban J connectivity index is 1.43. The fourth-order valence-corrected chi connectivity index (χ4v) is 5.06. The van der Waals surface area contributed by atoms with Gasteiger partial charge in [0.25, 0.3) is 10.0 Å². The summed E-state index contributed by atoms with van der Waals surface area (Å²) >= 11 is 4.88.